The lowest BCUT2D eigenvalue weighted by Crippen LogP contribution is -2.49. The zero-order chi connectivity index (χ0) is 35.4. The van der Waals surface area contributed by atoms with Crippen molar-refractivity contribution in [1.82, 2.24) is 24.4 Å². The number of hydrogen-bond donors (Lipinski definition) is 1. The highest BCUT2D eigenvalue weighted by molar-refractivity contribution is 6.05. The van der Waals surface area contributed by atoms with Gasteiger partial charge in [-0.3, -0.25) is 5.10 Å². The number of aromatic amines is 1. The van der Waals surface area contributed by atoms with Crippen LogP contribution in [0.4, 0.5) is 10.5 Å². The van der Waals surface area contributed by atoms with Crippen LogP contribution in [0.2, 0.25) is 0 Å². The van der Waals surface area contributed by atoms with Gasteiger partial charge in [0.2, 0.25) is 5.88 Å². The molecule has 3 aromatic rings. The van der Waals surface area contributed by atoms with Crippen molar-refractivity contribution in [3.05, 3.63) is 40.7 Å². The van der Waals surface area contributed by atoms with Crippen LogP contribution in [-0.4, -0.2) is 81.9 Å². The number of likely N-dealkylation sites (N-methyl/N-ethyl adjacent to an activating group) is 1. The predicted octanol–water partition coefficient (Wildman–Crippen LogP) is 7.76. The average Bonchev–Trinajstić information content (AvgIpc) is 3.66. The van der Waals surface area contributed by atoms with Crippen molar-refractivity contribution in [3.8, 4) is 23.0 Å². The van der Waals surface area contributed by atoms with E-state index in [0.29, 0.717) is 37.9 Å². The van der Waals surface area contributed by atoms with Gasteiger partial charge in [-0.25, -0.2) is 23.9 Å². The zero-order valence-electron chi connectivity index (χ0n) is 30.6. The number of carbonyl (C=O) groups excluding carboxylic acids is 2. The summed E-state index contributed by atoms with van der Waals surface area (Å²) >= 11 is 0. The number of rotatable bonds is 6. The fraction of sp³-hybridized carbons (Fsp3) is 0.632. The molecule has 1 N–H and O–H groups in total. The van der Waals surface area contributed by atoms with Crippen molar-refractivity contribution in [2.45, 2.75) is 93.3 Å². The standard InChI is InChI=1S/C38H52N6O5/c1-22-19-26(37(3,4)5)31(27(20-22)38(6,7)8)48-35(45)29-30(39-9)34(49-36(46)43-17-15-42(10)16-18-43)44-33(29)40-32(41-44)24-11-14-28(23(2)21-24)47-25-12-13-25/h11,14,21-22,25-27,31H,12-13,15-20H2,1-8,10H3,(H,40,41). The van der Waals surface area contributed by atoms with Gasteiger partial charge in [0.05, 0.1) is 12.7 Å². The maximum absolute atomic E-state index is 14.5. The van der Waals surface area contributed by atoms with Crippen LogP contribution >= 0.6 is 0 Å². The number of amides is 1. The summed E-state index contributed by atoms with van der Waals surface area (Å²) in [6.45, 7) is 28.1. The Kier molecular flexibility index (Phi) is 9.24. The quantitative estimate of drug-likeness (QED) is 0.211. The SMILES string of the molecule is [C-]#[N+]c1c(C(=O)OC2C(C(C)(C)C)CC(C)CC2C(C)(C)C)c2nc(-c3ccc(OC4CC4)c(C)c3)[nH]n2c1OC(=O)N1CCN(C)CC1. The van der Waals surface area contributed by atoms with E-state index in [0.717, 1.165) is 42.6 Å². The van der Waals surface area contributed by atoms with E-state index < -0.39 is 12.1 Å². The summed E-state index contributed by atoms with van der Waals surface area (Å²) in [5.41, 5.74) is 1.60. The van der Waals surface area contributed by atoms with Gasteiger partial charge in [-0.15, -0.1) is 0 Å². The molecule has 0 radical (unpaired) electrons. The summed E-state index contributed by atoms with van der Waals surface area (Å²) in [6.07, 6.45) is 3.34. The van der Waals surface area contributed by atoms with Gasteiger partial charge in [0, 0.05) is 43.6 Å². The first kappa shape index (κ1) is 34.8. The predicted molar refractivity (Wildman–Crippen MR) is 188 cm³/mol. The molecule has 2 unspecified atom stereocenters. The summed E-state index contributed by atoms with van der Waals surface area (Å²) < 4.78 is 20.0. The molecule has 1 aliphatic heterocycles. The van der Waals surface area contributed by atoms with Crippen LogP contribution in [0.25, 0.3) is 21.9 Å². The number of fused-ring (bicyclic) bond motifs is 1. The van der Waals surface area contributed by atoms with Crippen molar-refractivity contribution >= 4 is 23.4 Å². The molecular formula is C38H52N6O5. The lowest BCUT2D eigenvalue weighted by molar-refractivity contribution is -0.0922. The molecule has 2 aromatic heterocycles. The number of hydrogen-bond acceptors (Lipinski definition) is 7. The van der Waals surface area contributed by atoms with E-state index in [4.69, 9.17) is 25.8 Å². The highest BCUT2D eigenvalue weighted by atomic mass is 16.6. The van der Waals surface area contributed by atoms with Gasteiger partial charge in [-0.2, -0.15) is 0 Å². The number of nitrogens with zero attached hydrogens (tertiary/aromatic N) is 5. The Labute approximate surface area is 290 Å². The van der Waals surface area contributed by atoms with Crippen LogP contribution in [0, 0.1) is 42.1 Å². The second kappa shape index (κ2) is 13.0. The molecule has 2 atom stereocenters. The average molecular weight is 673 g/mol. The molecule has 6 rings (SSSR count). The minimum atomic E-state index is -0.629. The van der Waals surface area contributed by atoms with Crippen molar-refractivity contribution in [3.63, 3.8) is 0 Å². The van der Waals surface area contributed by atoms with Crippen molar-refractivity contribution in [2.24, 2.45) is 28.6 Å². The fourth-order valence-electron chi connectivity index (χ4n) is 7.47. The van der Waals surface area contributed by atoms with E-state index in [9.17, 15) is 9.59 Å². The molecule has 3 fully saturated rings. The smallest absolute Gasteiger partial charge is 0.415 e. The second-order valence-electron chi connectivity index (χ2n) is 16.7. The third-order valence-corrected chi connectivity index (χ3v) is 10.6. The van der Waals surface area contributed by atoms with Gasteiger partial charge in [-0.05, 0) is 80.2 Å². The highest BCUT2D eigenvalue weighted by Crippen LogP contribution is 2.50. The normalized spacial score (nSPS) is 23.7. The largest absolute Gasteiger partial charge is 0.490 e. The first-order valence-electron chi connectivity index (χ1n) is 17.7. The van der Waals surface area contributed by atoms with Crippen LogP contribution < -0.4 is 9.47 Å². The van der Waals surface area contributed by atoms with Crippen LogP contribution in [0.3, 0.4) is 0 Å². The van der Waals surface area contributed by atoms with E-state index in [-0.39, 0.29) is 57.7 Å². The third-order valence-electron chi connectivity index (χ3n) is 10.6. The molecule has 3 aliphatic rings. The van der Waals surface area contributed by atoms with Crippen LogP contribution in [0.15, 0.2) is 18.2 Å². The lowest BCUT2D eigenvalue weighted by Gasteiger charge is -2.50. The highest BCUT2D eigenvalue weighted by Gasteiger charge is 2.48. The van der Waals surface area contributed by atoms with Crippen molar-refractivity contribution in [1.29, 1.82) is 0 Å². The molecule has 1 saturated heterocycles. The molecule has 11 heteroatoms. The minimum Gasteiger partial charge on any atom is -0.490 e. The molecule has 2 saturated carbocycles. The Morgan fingerprint density at radius 1 is 1.00 bits per heavy atom. The first-order valence-corrected chi connectivity index (χ1v) is 17.7. The Hall–Kier alpha value is -4.04. The third kappa shape index (κ3) is 7.16. The number of ether oxygens (including phenoxy) is 3. The molecule has 3 heterocycles. The Balaban J connectivity index is 1.42. The van der Waals surface area contributed by atoms with Gasteiger partial charge >= 0.3 is 12.1 Å². The first-order chi connectivity index (χ1) is 23.0. The number of aromatic nitrogens is 3. The zero-order valence-corrected chi connectivity index (χ0v) is 30.6. The Morgan fingerprint density at radius 2 is 1.63 bits per heavy atom. The summed E-state index contributed by atoms with van der Waals surface area (Å²) in [5, 5.41) is 3.23. The van der Waals surface area contributed by atoms with Crippen molar-refractivity contribution in [2.75, 3.05) is 33.2 Å². The number of aryl methyl sites for hydroxylation is 1. The van der Waals surface area contributed by atoms with Crippen LogP contribution in [0.1, 0.15) is 90.1 Å². The number of H-pyrrole nitrogens is 1. The molecular weight excluding hydrogens is 620 g/mol. The molecule has 1 amide bonds. The number of carbonyl (C=O) groups is 2. The topological polar surface area (TPSA) is 106 Å². The Bertz CT molecular complexity index is 1740. The maximum Gasteiger partial charge on any atom is 0.415 e. The molecule has 49 heavy (non-hydrogen) atoms. The monoisotopic (exact) mass is 672 g/mol. The minimum absolute atomic E-state index is 0.00280. The summed E-state index contributed by atoms with van der Waals surface area (Å²) in [6, 6.07) is 5.82. The van der Waals surface area contributed by atoms with Gasteiger partial charge < -0.3 is 24.0 Å². The Morgan fingerprint density at radius 3 is 2.18 bits per heavy atom. The van der Waals surface area contributed by atoms with Crippen molar-refractivity contribution < 1.29 is 23.8 Å². The van der Waals surface area contributed by atoms with E-state index in [1.807, 2.05) is 32.2 Å². The summed E-state index contributed by atoms with van der Waals surface area (Å²) in [4.78, 5) is 40.4. The fourth-order valence-corrected chi connectivity index (χ4v) is 7.47. The lowest BCUT2D eigenvalue weighted by atomic mass is 9.59. The van der Waals surface area contributed by atoms with Crippen LogP contribution in [0.5, 0.6) is 11.6 Å². The molecule has 264 valence electrons. The van der Waals surface area contributed by atoms with E-state index >= 15 is 0 Å². The van der Waals surface area contributed by atoms with Gasteiger partial charge in [-0.1, -0.05) is 48.5 Å². The van der Waals surface area contributed by atoms with E-state index in [2.05, 4.69) is 63.3 Å². The molecule has 1 aromatic carbocycles. The van der Waals surface area contributed by atoms with Gasteiger partial charge in [0.1, 0.15) is 17.4 Å². The molecule has 2 aliphatic carbocycles. The van der Waals surface area contributed by atoms with Gasteiger partial charge in [0.15, 0.2) is 11.5 Å². The van der Waals surface area contributed by atoms with E-state index in [1.165, 1.54) is 4.52 Å². The number of nitrogens with one attached hydrogen (secondary N) is 1. The van der Waals surface area contributed by atoms with E-state index in [1.54, 1.807) is 4.90 Å². The maximum atomic E-state index is 14.5. The second-order valence-corrected chi connectivity index (χ2v) is 16.7. The van der Waals surface area contributed by atoms with Gasteiger partial charge in [0.25, 0.3) is 5.69 Å². The molecule has 11 nitrogen and oxygen atoms in total. The molecule has 0 spiro atoms. The number of benzene rings is 1. The number of piperazine rings is 1. The summed E-state index contributed by atoms with van der Waals surface area (Å²) in [5.74, 6) is 1.31. The number of esters is 1. The molecule has 0 bridgehead atoms. The summed E-state index contributed by atoms with van der Waals surface area (Å²) in [7, 11) is 2.01. The van der Waals surface area contributed by atoms with Crippen LogP contribution in [-0.2, 0) is 4.74 Å².